The number of nitrogens with one attached hydrogen (secondary N) is 1. The fraction of sp³-hybridized carbons (Fsp3) is 0.630. The molecule has 2 aliphatic heterocycles. The Labute approximate surface area is 309 Å². The number of likely N-dealkylation sites (N-methyl/N-ethyl adjacent to an activating group) is 1. The molecule has 0 radical (unpaired) electrons. The zero-order valence-electron chi connectivity index (χ0n) is 28.8. The predicted molar refractivity (Wildman–Crippen MR) is 191 cm³/mol. The van der Waals surface area contributed by atoms with Crippen LogP contribution in [0, 0.1) is 0 Å². The monoisotopic (exact) mass is 825 g/mol. The lowest BCUT2D eigenvalue weighted by molar-refractivity contribution is -0.158. The van der Waals surface area contributed by atoms with Crippen molar-refractivity contribution < 1.29 is 57.0 Å². The second-order valence-corrected chi connectivity index (χ2v) is 19.4. The molecule has 9 atom stereocenters. The first-order valence-electron chi connectivity index (χ1n) is 15.9. The van der Waals surface area contributed by atoms with Crippen molar-refractivity contribution in [3.05, 3.63) is 35.4 Å². The van der Waals surface area contributed by atoms with E-state index in [2.05, 4.69) is 29.8 Å². The highest BCUT2D eigenvalue weighted by atomic mass is 33.1. The molecule has 0 aliphatic carbocycles. The summed E-state index contributed by atoms with van der Waals surface area (Å²) in [5.41, 5.74) is 9.53. The number of hydrogen-bond acceptors (Lipinski definition) is 19. The number of ether oxygens (including phenoxy) is 3. The Morgan fingerprint density at radius 3 is 2.49 bits per heavy atom. The van der Waals surface area contributed by atoms with E-state index in [-0.39, 0.29) is 34.0 Å². The molecule has 0 spiro atoms. The lowest BCUT2D eigenvalue weighted by atomic mass is 10.1. The summed E-state index contributed by atoms with van der Waals surface area (Å²) < 4.78 is 55.4. The molecule has 53 heavy (non-hydrogen) atoms. The summed E-state index contributed by atoms with van der Waals surface area (Å²) in [6.45, 7) is 4.47. The molecule has 2 fully saturated rings. The number of rotatable bonds is 15. The smallest absolute Gasteiger partial charge is 0.455 e. The third kappa shape index (κ3) is 10.1. The van der Waals surface area contributed by atoms with E-state index in [0.717, 1.165) is 4.57 Å². The summed E-state index contributed by atoms with van der Waals surface area (Å²) in [5.74, 6) is -0.480. The fourth-order valence-electron chi connectivity index (χ4n) is 5.52. The molecule has 0 amide bonds. The Morgan fingerprint density at radius 1 is 1.11 bits per heavy atom. The Bertz CT molecular complexity index is 1930. The van der Waals surface area contributed by atoms with Crippen molar-refractivity contribution in [2.45, 2.75) is 80.5 Å². The van der Waals surface area contributed by atoms with Gasteiger partial charge in [0.05, 0.1) is 31.3 Å². The van der Waals surface area contributed by atoms with Gasteiger partial charge in [0.15, 0.2) is 23.8 Å². The predicted octanol–water partition coefficient (Wildman–Crippen LogP) is 0.153. The molecule has 26 heteroatoms. The number of nitrogen functional groups attached to an aromatic ring is 2. The van der Waals surface area contributed by atoms with Crippen LogP contribution in [-0.2, 0) is 37.2 Å². The molecule has 5 heterocycles. The number of nitrogens with zero attached hydrogens (tertiary/aromatic N) is 6. The van der Waals surface area contributed by atoms with Crippen LogP contribution in [0.3, 0.4) is 0 Å². The largest absolute Gasteiger partial charge is 0.469 e. The summed E-state index contributed by atoms with van der Waals surface area (Å²) in [5, 5.41) is 14.4. The van der Waals surface area contributed by atoms with Gasteiger partial charge in [0.25, 0.3) is 0 Å². The maximum atomic E-state index is 13.9. The van der Waals surface area contributed by atoms with Crippen LogP contribution in [0.1, 0.15) is 39.6 Å². The minimum absolute atomic E-state index is 0.0548. The van der Waals surface area contributed by atoms with Gasteiger partial charge in [0.1, 0.15) is 42.1 Å². The molecule has 22 nitrogen and oxygen atoms in total. The van der Waals surface area contributed by atoms with Gasteiger partial charge in [-0.15, -0.1) is 0 Å². The number of phosphoric acid groups is 1. The molecule has 294 valence electrons. The van der Waals surface area contributed by atoms with Crippen LogP contribution < -0.4 is 22.5 Å². The lowest BCUT2D eigenvalue weighted by Crippen LogP contribution is -2.45. The quantitative estimate of drug-likeness (QED) is 0.0609. The number of imidazole rings is 1. The summed E-state index contributed by atoms with van der Waals surface area (Å²) in [6, 6.07) is 0.473. The molecule has 0 aromatic carbocycles. The topological polar surface area (TPSA) is 321 Å². The second-order valence-electron chi connectivity index (χ2n) is 13.0. The molecule has 9 N–H and O–H groups in total. The first kappa shape index (κ1) is 41.5. The lowest BCUT2D eigenvalue weighted by Gasteiger charge is -2.26. The van der Waals surface area contributed by atoms with Crippen molar-refractivity contribution in [2.75, 3.05) is 37.5 Å². The Morgan fingerprint density at radius 2 is 1.83 bits per heavy atom. The third-order valence-corrected chi connectivity index (χ3v) is 13.8. The summed E-state index contributed by atoms with van der Waals surface area (Å²) in [6.07, 6.45) is -5.05. The van der Waals surface area contributed by atoms with E-state index in [1.165, 1.54) is 40.3 Å². The van der Waals surface area contributed by atoms with Gasteiger partial charge in [-0.2, -0.15) is 4.98 Å². The SMILES string of the molecule is CN[C@@H](CSSC(C)(C)C)C(=O)O[C@@H]1C(COP(=O)(O)[C@H]2C[C@H](n3ccc(N)nc3=O)OC2COP(=O)(O)O)O[C@@H](n2cnc3c(N)ncnc32)[C@@H]1O. The van der Waals surface area contributed by atoms with Gasteiger partial charge in [0.2, 0.25) is 0 Å². The van der Waals surface area contributed by atoms with Gasteiger partial charge >= 0.3 is 27.1 Å². The van der Waals surface area contributed by atoms with E-state index < -0.39 is 88.9 Å². The van der Waals surface area contributed by atoms with E-state index in [4.69, 9.17) is 30.2 Å². The summed E-state index contributed by atoms with van der Waals surface area (Å²) in [7, 11) is -5.36. The van der Waals surface area contributed by atoms with Gasteiger partial charge in [-0.3, -0.25) is 23.0 Å². The maximum absolute atomic E-state index is 13.9. The molecule has 3 aromatic rings. The Hall–Kier alpha value is -2.70. The average molecular weight is 826 g/mol. The number of hydrogen-bond donors (Lipinski definition) is 7. The zero-order valence-corrected chi connectivity index (χ0v) is 32.2. The first-order valence-corrected chi connectivity index (χ1v) is 21.4. The number of aliphatic hydroxyl groups is 1. The van der Waals surface area contributed by atoms with Crippen LogP contribution in [0.4, 0.5) is 11.6 Å². The molecular formula is C27H41N9O13P2S2. The van der Waals surface area contributed by atoms with E-state index in [1.807, 2.05) is 20.8 Å². The number of carbonyl (C=O) groups excluding carboxylic acids is 1. The minimum Gasteiger partial charge on any atom is -0.455 e. The standard InChI is InChI=1S/C27H41N9O13P2S2/c1-27(2,3)53-52-10-13(30-4)25(38)49-21-15(48-24(20(21)37)36-12-33-19-22(29)31-11-32-23(19)36)9-45-50(40,41)16-7-18(35-6-5-17(28)34-26(35)39)47-14(16)8-46-51(42,43)44/h5-6,11-16,18,20-21,24,30,37H,7-10H2,1-4H3,(H,40,41)(H2,28,34,39)(H2,29,31,32)(H2,42,43,44)/t13-,14?,15?,16-,18+,20+,21+,24+/m0/s1. The van der Waals surface area contributed by atoms with E-state index >= 15 is 0 Å². The van der Waals surface area contributed by atoms with Crippen LogP contribution in [-0.4, -0.2) is 122 Å². The van der Waals surface area contributed by atoms with Gasteiger partial charge in [-0.25, -0.2) is 24.3 Å². The second kappa shape index (κ2) is 16.6. The van der Waals surface area contributed by atoms with Gasteiger partial charge in [0, 0.05) is 23.1 Å². The number of carbonyl (C=O) groups is 1. The van der Waals surface area contributed by atoms with Gasteiger partial charge < -0.3 is 55.3 Å². The number of anilines is 2. The van der Waals surface area contributed by atoms with E-state index in [0.29, 0.717) is 5.75 Å². The molecule has 0 saturated carbocycles. The van der Waals surface area contributed by atoms with Crippen molar-refractivity contribution >= 4 is 65.8 Å². The highest BCUT2D eigenvalue weighted by molar-refractivity contribution is 8.77. The van der Waals surface area contributed by atoms with Crippen molar-refractivity contribution in [1.29, 1.82) is 0 Å². The summed E-state index contributed by atoms with van der Waals surface area (Å²) >= 11 is 0. The molecule has 3 aromatic heterocycles. The van der Waals surface area contributed by atoms with Crippen LogP contribution in [0.15, 0.2) is 29.7 Å². The Kier molecular flexibility index (Phi) is 13.0. The van der Waals surface area contributed by atoms with Crippen LogP contribution in [0.2, 0.25) is 0 Å². The highest BCUT2D eigenvalue weighted by Gasteiger charge is 2.52. The van der Waals surface area contributed by atoms with Crippen molar-refractivity contribution in [3.63, 3.8) is 0 Å². The van der Waals surface area contributed by atoms with E-state index in [1.54, 1.807) is 17.8 Å². The number of esters is 1. The molecule has 3 unspecified atom stereocenters. The number of fused-ring (bicyclic) bond motifs is 1. The zero-order chi connectivity index (χ0) is 38.9. The minimum atomic E-state index is -5.06. The number of aliphatic hydroxyl groups excluding tert-OH is 1. The number of nitrogens with two attached hydrogens (primary N) is 2. The van der Waals surface area contributed by atoms with Crippen LogP contribution in [0.5, 0.6) is 0 Å². The molecular weight excluding hydrogens is 784 g/mol. The fourth-order valence-corrected chi connectivity index (χ4v) is 9.97. The van der Waals surface area contributed by atoms with Crippen molar-refractivity contribution in [1.82, 2.24) is 34.4 Å². The normalized spacial score (nSPS) is 26.8. The van der Waals surface area contributed by atoms with Crippen molar-refractivity contribution in [2.24, 2.45) is 0 Å². The van der Waals surface area contributed by atoms with E-state index in [9.17, 15) is 38.5 Å². The maximum Gasteiger partial charge on any atom is 0.469 e. The van der Waals surface area contributed by atoms with Gasteiger partial charge in [-0.1, -0.05) is 42.4 Å². The third-order valence-electron chi connectivity index (χ3n) is 8.02. The van der Waals surface area contributed by atoms with Gasteiger partial charge in [-0.05, 0) is 13.1 Å². The highest BCUT2D eigenvalue weighted by Crippen LogP contribution is 2.56. The molecule has 5 rings (SSSR count). The van der Waals surface area contributed by atoms with Crippen LogP contribution >= 0.6 is 37.0 Å². The number of phosphoric ester groups is 1. The van der Waals surface area contributed by atoms with Crippen molar-refractivity contribution in [3.8, 4) is 0 Å². The van der Waals surface area contributed by atoms with Crippen LogP contribution in [0.25, 0.3) is 11.2 Å². The average Bonchev–Trinajstić information content (AvgIpc) is 3.77. The molecule has 0 bridgehead atoms. The summed E-state index contributed by atoms with van der Waals surface area (Å²) in [4.78, 5) is 71.8. The number of aromatic nitrogens is 6. The molecule has 2 saturated heterocycles. The molecule has 2 aliphatic rings. The Balaban J connectivity index is 1.39. The first-order chi connectivity index (χ1) is 24.8.